The molecule has 0 fully saturated rings. The van der Waals surface area contributed by atoms with Gasteiger partial charge in [-0.05, 0) is 12.8 Å². The van der Waals surface area contributed by atoms with Gasteiger partial charge in [0, 0.05) is 5.92 Å². The van der Waals surface area contributed by atoms with Crippen LogP contribution in [0, 0.1) is 5.92 Å². The number of amides is 2. The van der Waals surface area contributed by atoms with Crippen LogP contribution in [-0.2, 0) is 14.4 Å². The monoisotopic (exact) mass is 226 g/mol. The number of hydrogen-bond donors (Lipinski definition) is 3. The average molecular weight is 226 g/mol. The quantitative estimate of drug-likeness (QED) is 0.538. The van der Waals surface area contributed by atoms with Crippen molar-refractivity contribution in [2.24, 2.45) is 5.92 Å². The Morgan fingerprint density at radius 1 is 1.12 bits per heavy atom. The summed E-state index contributed by atoms with van der Waals surface area (Å²) in [5.41, 5.74) is 0. The van der Waals surface area contributed by atoms with E-state index < -0.39 is 18.4 Å². The van der Waals surface area contributed by atoms with E-state index in [0.717, 1.165) is 0 Å². The normalized spacial score (nSPS) is 14.8. The van der Waals surface area contributed by atoms with Gasteiger partial charge in [0.05, 0.1) is 6.54 Å². The van der Waals surface area contributed by atoms with Crippen molar-refractivity contribution in [1.29, 1.82) is 0 Å². The first kappa shape index (κ1) is 12.2. The molecule has 1 aliphatic rings. The molecule has 0 bridgehead atoms. The molecule has 0 radical (unpaired) electrons. The zero-order chi connectivity index (χ0) is 12.0. The fraction of sp³-hybridized carbons (Fsp3) is 0.500. The lowest BCUT2D eigenvalue weighted by atomic mass is 10.1. The fourth-order valence-electron chi connectivity index (χ4n) is 1.38. The summed E-state index contributed by atoms with van der Waals surface area (Å²) in [7, 11) is 0. The van der Waals surface area contributed by atoms with Crippen LogP contribution in [0.1, 0.15) is 12.8 Å². The van der Waals surface area contributed by atoms with Gasteiger partial charge in [0.25, 0.3) is 0 Å². The van der Waals surface area contributed by atoms with Gasteiger partial charge in [0.15, 0.2) is 0 Å². The van der Waals surface area contributed by atoms with Crippen molar-refractivity contribution in [3.8, 4) is 0 Å². The third-order valence-corrected chi connectivity index (χ3v) is 2.24. The topological polar surface area (TPSA) is 95.5 Å². The molecule has 1 aliphatic carbocycles. The molecule has 0 saturated heterocycles. The minimum atomic E-state index is -1.11. The molecular formula is C10H14N2O4. The molecule has 0 aliphatic heterocycles. The Morgan fingerprint density at radius 2 is 1.75 bits per heavy atom. The molecule has 0 aromatic carbocycles. The average Bonchev–Trinajstić information content (AvgIpc) is 2.76. The van der Waals surface area contributed by atoms with Gasteiger partial charge < -0.3 is 15.7 Å². The zero-order valence-corrected chi connectivity index (χ0v) is 8.73. The number of carbonyl (C=O) groups excluding carboxylic acids is 2. The van der Waals surface area contributed by atoms with E-state index in [0.29, 0.717) is 12.8 Å². The summed E-state index contributed by atoms with van der Waals surface area (Å²) >= 11 is 0. The highest BCUT2D eigenvalue weighted by Crippen LogP contribution is 2.17. The van der Waals surface area contributed by atoms with Gasteiger partial charge in [-0.2, -0.15) is 0 Å². The Kier molecular flexibility index (Phi) is 4.50. The van der Waals surface area contributed by atoms with Gasteiger partial charge in [-0.1, -0.05) is 12.2 Å². The Hall–Kier alpha value is -1.85. The van der Waals surface area contributed by atoms with Crippen LogP contribution in [0.3, 0.4) is 0 Å². The lowest BCUT2D eigenvalue weighted by Crippen LogP contribution is -2.40. The molecule has 3 N–H and O–H groups in total. The second-order valence-electron chi connectivity index (χ2n) is 3.53. The third kappa shape index (κ3) is 4.12. The van der Waals surface area contributed by atoms with E-state index in [4.69, 9.17) is 5.11 Å². The molecule has 6 nitrogen and oxygen atoms in total. The molecular weight excluding hydrogens is 212 g/mol. The van der Waals surface area contributed by atoms with E-state index in [1.165, 1.54) is 0 Å². The van der Waals surface area contributed by atoms with E-state index in [-0.39, 0.29) is 18.4 Å². The number of carbonyl (C=O) groups is 3. The third-order valence-electron chi connectivity index (χ3n) is 2.24. The molecule has 6 heteroatoms. The number of nitrogens with one attached hydrogen (secondary N) is 2. The van der Waals surface area contributed by atoms with Gasteiger partial charge in [0.2, 0.25) is 11.8 Å². The first-order valence-electron chi connectivity index (χ1n) is 5.01. The van der Waals surface area contributed by atoms with E-state index in [1.54, 1.807) is 0 Å². The largest absolute Gasteiger partial charge is 0.480 e. The van der Waals surface area contributed by atoms with Crippen molar-refractivity contribution in [3.63, 3.8) is 0 Å². The standard InChI is InChI=1S/C10H14N2O4/c13-8(11-6-9(14)15)5-12-10(16)7-3-1-2-4-7/h1-2,7H,3-6H2,(H,11,13)(H,12,16)(H,14,15). The van der Waals surface area contributed by atoms with E-state index in [2.05, 4.69) is 10.6 Å². The first-order chi connectivity index (χ1) is 7.59. The van der Waals surface area contributed by atoms with Crippen LogP contribution in [0.15, 0.2) is 12.2 Å². The lowest BCUT2D eigenvalue weighted by molar-refractivity contribution is -0.137. The van der Waals surface area contributed by atoms with Gasteiger partial charge in [-0.15, -0.1) is 0 Å². The molecule has 16 heavy (non-hydrogen) atoms. The van der Waals surface area contributed by atoms with Crippen LogP contribution in [0.25, 0.3) is 0 Å². The van der Waals surface area contributed by atoms with E-state index >= 15 is 0 Å². The summed E-state index contributed by atoms with van der Waals surface area (Å²) in [6.45, 7) is -0.609. The molecule has 0 saturated carbocycles. The maximum atomic E-state index is 11.4. The summed E-state index contributed by atoms with van der Waals surface area (Å²) in [4.78, 5) is 32.6. The highest BCUT2D eigenvalue weighted by molar-refractivity contribution is 5.87. The van der Waals surface area contributed by atoms with Gasteiger partial charge >= 0.3 is 5.97 Å². The van der Waals surface area contributed by atoms with Gasteiger partial charge in [-0.3, -0.25) is 14.4 Å². The van der Waals surface area contributed by atoms with Crippen LogP contribution in [0.2, 0.25) is 0 Å². The number of carboxylic acids is 1. The van der Waals surface area contributed by atoms with Gasteiger partial charge in [0.1, 0.15) is 6.54 Å². The number of carboxylic acid groups (broad SMARTS) is 1. The van der Waals surface area contributed by atoms with Crippen molar-refractivity contribution >= 4 is 17.8 Å². The molecule has 1 rings (SSSR count). The van der Waals surface area contributed by atoms with Crippen molar-refractivity contribution in [2.75, 3.05) is 13.1 Å². The molecule has 0 aromatic heterocycles. The summed E-state index contributed by atoms with van der Waals surface area (Å²) in [6, 6.07) is 0. The minimum absolute atomic E-state index is 0.0905. The smallest absolute Gasteiger partial charge is 0.322 e. The zero-order valence-electron chi connectivity index (χ0n) is 8.73. The van der Waals surface area contributed by atoms with Crippen molar-refractivity contribution in [3.05, 3.63) is 12.2 Å². The van der Waals surface area contributed by atoms with Crippen molar-refractivity contribution in [2.45, 2.75) is 12.8 Å². The number of allylic oxidation sites excluding steroid dienone is 2. The Labute approximate surface area is 92.7 Å². The summed E-state index contributed by atoms with van der Waals surface area (Å²) < 4.78 is 0. The highest BCUT2D eigenvalue weighted by Gasteiger charge is 2.19. The second-order valence-corrected chi connectivity index (χ2v) is 3.53. The highest BCUT2D eigenvalue weighted by atomic mass is 16.4. The molecule has 0 heterocycles. The maximum absolute atomic E-state index is 11.4. The van der Waals surface area contributed by atoms with Crippen molar-refractivity contribution in [1.82, 2.24) is 10.6 Å². The number of rotatable bonds is 5. The lowest BCUT2D eigenvalue weighted by Gasteiger charge is -2.09. The SMILES string of the molecule is O=C(O)CNC(=O)CNC(=O)C1CC=CC1. The van der Waals surface area contributed by atoms with Crippen LogP contribution >= 0.6 is 0 Å². The van der Waals surface area contributed by atoms with E-state index in [1.807, 2.05) is 12.2 Å². The maximum Gasteiger partial charge on any atom is 0.322 e. The molecule has 0 atom stereocenters. The van der Waals surface area contributed by atoms with Crippen LogP contribution in [-0.4, -0.2) is 36.0 Å². The Balaban J connectivity index is 2.16. The second kappa shape index (κ2) is 5.89. The summed E-state index contributed by atoms with van der Waals surface area (Å²) in [5.74, 6) is -1.87. The van der Waals surface area contributed by atoms with Gasteiger partial charge in [-0.25, -0.2) is 0 Å². The fourth-order valence-corrected chi connectivity index (χ4v) is 1.38. The van der Waals surface area contributed by atoms with Crippen LogP contribution < -0.4 is 10.6 Å². The van der Waals surface area contributed by atoms with E-state index in [9.17, 15) is 14.4 Å². The summed E-state index contributed by atoms with van der Waals surface area (Å²) in [5, 5.41) is 12.9. The minimum Gasteiger partial charge on any atom is -0.480 e. The summed E-state index contributed by atoms with van der Waals surface area (Å²) in [6.07, 6.45) is 5.24. The first-order valence-corrected chi connectivity index (χ1v) is 5.01. The molecule has 0 unspecified atom stereocenters. The van der Waals surface area contributed by atoms with Crippen molar-refractivity contribution < 1.29 is 19.5 Å². The van der Waals surface area contributed by atoms with Crippen LogP contribution in [0.4, 0.5) is 0 Å². The molecule has 0 aromatic rings. The molecule has 2 amide bonds. The predicted octanol–water partition coefficient (Wildman–Crippen LogP) is -0.730. The number of hydrogen-bond acceptors (Lipinski definition) is 3. The number of aliphatic carboxylic acids is 1. The molecule has 88 valence electrons. The molecule has 0 spiro atoms. The van der Waals surface area contributed by atoms with Crippen LogP contribution in [0.5, 0.6) is 0 Å². The predicted molar refractivity (Wildman–Crippen MR) is 55.5 cm³/mol. The Bertz CT molecular complexity index is 317. The Morgan fingerprint density at radius 3 is 2.31 bits per heavy atom.